The summed E-state index contributed by atoms with van der Waals surface area (Å²) < 4.78 is 33.8. The molecule has 1 N–H and O–H groups in total. The molecule has 1 saturated heterocycles. The van der Waals surface area contributed by atoms with Crippen LogP contribution in [0.3, 0.4) is 0 Å². The Balaban J connectivity index is 2.76. The van der Waals surface area contributed by atoms with Crippen molar-refractivity contribution in [1.82, 2.24) is 13.9 Å². The fraction of sp³-hybridized carbons (Fsp3) is 1.00. The van der Waals surface area contributed by atoms with E-state index < -0.39 is 10.2 Å². The molecule has 2 atom stereocenters. The van der Waals surface area contributed by atoms with Crippen molar-refractivity contribution in [3.8, 4) is 0 Å². The largest absolute Gasteiger partial charge is 0.383 e. The Kier molecular flexibility index (Phi) is 8.12. The lowest BCUT2D eigenvalue weighted by Crippen LogP contribution is -2.54. The van der Waals surface area contributed by atoms with Gasteiger partial charge in [-0.1, -0.05) is 13.3 Å². The molecule has 0 radical (unpaired) electrons. The van der Waals surface area contributed by atoms with Crippen molar-refractivity contribution in [3.63, 3.8) is 0 Å². The molecule has 0 spiro atoms. The van der Waals surface area contributed by atoms with E-state index in [2.05, 4.69) is 12.2 Å². The summed E-state index contributed by atoms with van der Waals surface area (Å²) in [7, 11) is -0.188. The van der Waals surface area contributed by atoms with Gasteiger partial charge >= 0.3 is 0 Å². The van der Waals surface area contributed by atoms with Crippen molar-refractivity contribution in [2.45, 2.75) is 51.6 Å². The van der Waals surface area contributed by atoms with Gasteiger partial charge in [0.25, 0.3) is 10.2 Å². The van der Waals surface area contributed by atoms with Gasteiger partial charge in [-0.2, -0.15) is 17.0 Å². The van der Waals surface area contributed by atoms with Gasteiger partial charge in [-0.25, -0.2) is 0 Å². The average molecular weight is 321 g/mol. The number of ether oxygens (including phenoxy) is 1. The van der Waals surface area contributed by atoms with Crippen LogP contribution in [0.2, 0.25) is 0 Å². The molecule has 1 aliphatic heterocycles. The molecule has 0 aromatic rings. The van der Waals surface area contributed by atoms with Crippen LogP contribution in [0.5, 0.6) is 0 Å². The molecule has 7 heteroatoms. The summed E-state index contributed by atoms with van der Waals surface area (Å²) in [4.78, 5) is 0. The molecule has 0 amide bonds. The Morgan fingerprint density at radius 3 is 2.76 bits per heavy atom. The first-order valence-electron chi connectivity index (χ1n) is 7.89. The molecule has 1 aliphatic rings. The first kappa shape index (κ1) is 18.8. The van der Waals surface area contributed by atoms with Crippen LogP contribution >= 0.6 is 0 Å². The predicted molar refractivity (Wildman–Crippen MR) is 85.5 cm³/mol. The standard InChI is InChI=1S/C14H31N3O3S/c1-5-9-15-11-14-8-6-7-10-17(14)21(18,19)16(3)13(2)12-20-4/h13-15H,5-12H2,1-4H3. The normalized spacial score (nSPS) is 22.6. The first-order chi connectivity index (χ1) is 9.95. The summed E-state index contributed by atoms with van der Waals surface area (Å²) in [5.41, 5.74) is 0. The van der Waals surface area contributed by atoms with Crippen LogP contribution in [0.25, 0.3) is 0 Å². The van der Waals surface area contributed by atoms with Gasteiger partial charge in [0.1, 0.15) is 0 Å². The summed E-state index contributed by atoms with van der Waals surface area (Å²) in [5, 5.41) is 3.35. The Bertz CT molecular complexity index is 389. The molecule has 21 heavy (non-hydrogen) atoms. The van der Waals surface area contributed by atoms with Gasteiger partial charge in [-0.05, 0) is 32.7 Å². The van der Waals surface area contributed by atoms with Crippen molar-refractivity contribution in [2.24, 2.45) is 0 Å². The van der Waals surface area contributed by atoms with Gasteiger partial charge in [-0.15, -0.1) is 0 Å². The quantitative estimate of drug-likeness (QED) is 0.645. The number of nitrogens with zero attached hydrogens (tertiary/aromatic N) is 2. The van der Waals surface area contributed by atoms with E-state index >= 15 is 0 Å². The van der Waals surface area contributed by atoms with E-state index in [4.69, 9.17) is 4.74 Å². The number of hydrogen-bond donors (Lipinski definition) is 1. The summed E-state index contributed by atoms with van der Waals surface area (Å²) >= 11 is 0. The maximum absolute atomic E-state index is 12.8. The lowest BCUT2D eigenvalue weighted by molar-refractivity contribution is 0.141. The van der Waals surface area contributed by atoms with E-state index in [-0.39, 0.29) is 12.1 Å². The molecule has 0 bridgehead atoms. The van der Waals surface area contributed by atoms with E-state index in [1.165, 1.54) is 4.31 Å². The zero-order chi connectivity index (χ0) is 15.9. The lowest BCUT2D eigenvalue weighted by atomic mass is 10.1. The Labute approximate surface area is 130 Å². The molecular formula is C14H31N3O3S. The number of likely N-dealkylation sites (N-methyl/N-ethyl adjacent to an activating group) is 1. The molecule has 1 fully saturated rings. The Hall–Kier alpha value is -0.210. The monoisotopic (exact) mass is 321 g/mol. The minimum atomic E-state index is -3.42. The fourth-order valence-electron chi connectivity index (χ4n) is 2.67. The molecule has 0 aromatic carbocycles. The summed E-state index contributed by atoms with van der Waals surface area (Å²) in [6.07, 6.45) is 4.03. The van der Waals surface area contributed by atoms with Crippen molar-refractivity contribution in [2.75, 3.05) is 40.4 Å². The molecule has 1 heterocycles. The molecular weight excluding hydrogens is 290 g/mol. The second-order valence-corrected chi connectivity index (χ2v) is 7.73. The highest BCUT2D eigenvalue weighted by molar-refractivity contribution is 7.86. The minimum absolute atomic E-state index is 0.0625. The lowest BCUT2D eigenvalue weighted by Gasteiger charge is -2.38. The third-order valence-corrected chi connectivity index (χ3v) is 6.23. The van der Waals surface area contributed by atoms with E-state index in [9.17, 15) is 8.42 Å². The van der Waals surface area contributed by atoms with Crippen molar-refractivity contribution < 1.29 is 13.2 Å². The zero-order valence-corrected chi connectivity index (χ0v) is 14.7. The van der Waals surface area contributed by atoms with Crippen LogP contribution in [-0.4, -0.2) is 69.5 Å². The minimum Gasteiger partial charge on any atom is -0.383 e. The number of methoxy groups -OCH3 is 1. The zero-order valence-electron chi connectivity index (χ0n) is 13.8. The highest BCUT2D eigenvalue weighted by Crippen LogP contribution is 2.22. The molecule has 126 valence electrons. The number of hydrogen-bond acceptors (Lipinski definition) is 4. The third-order valence-electron chi connectivity index (χ3n) is 4.07. The van der Waals surface area contributed by atoms with E-state index in [0.29, 0.717) is 13.2 Å². The third kappa shape index (κ3) is 5.17. The fourth-order valence-corrected chi connectivity index (χ4v) is 4.43. The van der Waals surface area contributed by atoms with Gasteiger partial charge in [0.15, 0.2) is 0 Å². The summed E-state index contributed by atoms with van der Waals surface area (Å²) in [6.45, 7) is 6.67. The summed E-state index contributed by atoms with van der Waals surface area (Å²) in [5.74, 6) is 0. The van der Waals surface area contributed by atoms with Crippen molar-refractivity contribution >= 4 is 10.2 Å². The number of piperidine rings is 1. The average Bonchev–Trinajstić information content (AvgIpc) is 2.47. The molecule has 0 aliphatic carbocycles. The second-order valence-electron chi connectivity index (χ2n) is 5.79. The van der Waals surface area contributed by atoms with Gasteiger partial charge in [0.2, 0.25) is 0 Å². The van der Waals surface area contributed by atoms with Gasteiger partial charge in [0.05, 0.1) is 6.61 Å². The smallest absolute Gasteiger partial charge is 0.282 e. The SMILES string of the molecule is CCCNCC1CCCCN1S(=O)(=O)N(C)C(C)COC. The number of nitrogens with one attached hydrogen (secondary N) is 1. The predicted octanol–water partition coefficient (Wildman–Crippen LogP) is 1.05. The highest BCUT2D eigenvalue weighted by Gasteiger charge is 2.36. The van der Waals surface area contributed by atoms with Crippen LogP contribution < -0.4 is 5.32 Å². The number of rotatable bonds is 9. The van der Waals surface area contributed by atoms with E-state index in [1.807, 2.05) is 6.92 Å². The van der Waals surface area contributed by atoms with Crippen LogP contribution in [0, 0.1) is 0 Å². The van der Waals surface area contributed by atoms with Gasteiger partial charge in [0, 0.05) is 39.3 Å². The van der Waals surface area contributed by atoms with Crippen LogP contribution in [-0.2, 0) is 14.9 Å². The summed E-state index contributed by atoms with van der Waals surface area (Å²) in [6, 6.07) is -0.0985. The maximum Gasteiger partial charge on any atom is 0.282 e. The Morgan fingerprint density at radius 1 is 1.43 bits per heavy atom. The van der Waals surface area contributed by atoms with Gasteiger partial charge in [-0.3, -0.25) is 0 Å². The van der Waals surface area contributed by atoms with Crippen molar-refractivity contribution in [3.05, 3.63) is 0 Å². The van der Waals surface area contributed by atoms with Crippen molar-refractivity contribution in [1.29, 1.82) is 0 Å². The molecule has 0 aromatic heterocycles. The molecule has 6 nitrogen and oxygen atoms in total. The van der Waals surface area contributed by atoms with Gasteiger partial charge < -0.3 is 10.1 Å². The van der Waals surface area contributed by atoms with Crippen LogP contribution in [0.1, 0.15) is 39.5 Å². The second kappa shape index (κ2) is 9.05. The Morgan fingerprint density at radius 2 is 2.14 bits per heavy atom. The highest BCUT2D eigenvalue weighted by atomic mass is 32.2. The topological polar surface area (TPSA) is 61.9 Å². The molecule has 1 rings (SSSR count). The van der Waals surface area contributed by atoms with E-state index in [0.717, 1.165) is 38.8 Å². The molecule has 2 unspecified atom stereocenters. The molecule has 0 saturated carbocycles. The van der Waals surface area contributed by atoms with Crippen LogP contribution in [0.15, 0.2) is 0 Å². The maximum atomic E-state index is 12.8. The van der Waals surface area contributed by atoms with Crippen LogP contribution in [0.4, 0.5) is 0 Å². The van der Waals surface area contributed by atoms with E-state index in [1.54, 1.807) is 18.5 Å². The first-order valence-corrected chi connectivity index (χ1v) is 9.29.